The Morgan fingerprint density at radius 3 is 2.54 bits per heavy atom. The molecule has 0 aliphatic carbocycles. The van der Waals surface area contributed by atoms with Crippen molar-refractivity contribution in [3.05, 3.63) is 35.6 Å². The summed E-state index contributed by atoms with van der Waals surface area (Å²) in [5.74, 6) is 0.819. The van der Waals surface area contributed by atoms with Gasteiger partial charge in [-0.3, -0.25) is 4.90 Å². The van der Waals surface area contributed by atoms with E-state index in [-0.39, 0.29) is 0 Å². The highest BCUT2D eigenvalue weighted by Gasteiger charge is 2.31. The van der Waals surface area contributed by atoms with E-state index in [4.69, 9.17) is 9.15 Å². The van der Waals surface area contributed by atoms with Crippen LogP contribution in [-0.2, 0) is 24.5 Å². The first-order valence-corrected chi connectivity index (χ1v) is 7.81. The molecular formula is C17H17F3N2O2. The van der Waals surface area contributed by atoms with Gasteiger partial charge in [0.1, 0.15) is 5.76 Å². The minimum atomic E-state index is -4.35. The molecule has 3 heterocycles. The van der Waals surface area contributed by atoms with Crippen LogP contribution in [0.4, 0.5) is 13.2 Å². The highest BCUT2D eigenvalue weighted by atomic mass is 19.4. The largest absolute Gasteiger partial charge is 0.457 e. The van der Waals surface area contributed by atoms with E-state index in [9.17, 15) is 13.2 Å². The van der Waals surface area contributed by atoms with Gasteiger partial charge in [-0.1, -0.05) is 0 Å². The molecule has 4 rings (SSSR count). The van der Waals surface area contributed by atoms with Crippen LogP contribution in [0.5, 0.6) is 0 Å². The molecule has 0 amide bonds. The summed E-state index contributed by atoms with van der Waals surface area (Å²) >= 11 is 0. The van der Waals surface area contributed by atoms with Crippen molar-refractivity contribution in [2.75, 3.05) is 26.3 Å². The SMILES string of the molecule is Cn1c2cc(C(F)(F)F)ccc2c2oc(CN3CCOCC3)cc21. The Labute approximate surface area is 136 Å². The standard InChI is InChI=1S/C17H17F3N2O2/c1-21-14-8-11(17(18,19)20)2-3-13(14)16-15(21)9-12(24-16)10-22-4-6-23-7-5-22/h2-3,8-9H,4-7,10H2,1H3. The number of halogens is 3. The number of ether oxygens (including phenoxy) is 1. The van der Waals surface area contributed by atoms with Crippen LogP contribution >= 0.6 is 0 Å². The van der Waals surface area contributed by atoms with Gasteiger partial charge in [0.2, 0.25) is 0 Å². The van der Waals surface area contributed by atoms with Crippen LogP contribution in [0, 0.1) is 0 Å². The molecule has 2 aromatic heterocycles. The van der Waals surface area contributed by atoms with E-state index in [1.807, 2.05) is 6.07 Å². The van der Waals surface area contributed by atoms with E-state index in [1.54, 1.807) is 11.6 Å². The number of nitrogens with zero attached hydrogens (tertiary/aromatic N) is 2. The molecule has 0 spiro atoms. The molecule has 4 nitrogen and oxygen atoms in total. The summed E-state index contributed by atoms with van der Waals surface area (Å²) < 4.78 is 51.7. The fourth-order valence-corrected chi connectivity index (χ4v) is 3.24. The number of morpholine rings is 1. The van der Waals surface area contributed by atoms with Crippen molar-refractivity contribution in [1.82, 2.24) is 9.47 Å². The van der Waals surface area contributed by atoms with E-state index in [1.165, 1.54) is 12.1 Å². The zero-order valence-electron chi connectivity index (χ0n) is 13.2. The summed E-state index contributed by atoms with van der Waals surface area (Å²) in [6, 6.07) is 5.68. The maximum atomic E-state index is 12.9. The quantitative estimate of drug-likeness (QED) is 0.712. The molecule has 0 bridgehead atoms. The topological polar surface area (TPSA) is 30.5 Å². The number of fused-ring (bicyclic) bond motifs is 3. The van der Waals surface area contributed by atoms with Gasteiger partial charge in [0.05, 0.1) is 36.4 Å². The smallest absolute Gasteiger partial charge is 0.416 e. The van der Waals surface area contributed by atoms with Crippen LogP contribution in [0.15, 0.2) is 28.7 Å². The lowest BCUT2D eigenvalue weighted by Gasteiger charge is -2.25. The first kappa shape index (κ1) is 15.5. The average Bonchev–Trinajstić information content (AvgIpc) is 3.07. The van der Waals surface area contributed by atoms with Crippen molar-refractivity contribution >= 4 is 22.0 Å². The van der Waals surface area contributed by atoms with Gasteiger partial charge in [-0.05, 0) is 18.2 Å². The number of aromatic nitrogens is 1. The summed E-state index contributed by atoms with van der Waals surface area (Å²) in [5.41, 5.74) is 1.33. The molecule has 0 N–H and O–H groups in total. The number of hydrogen-bond donors (Lipinski definition) is 0. The average molecular weight is 338 g/mol. The second-order valence-electron chi connectivity index (χ2n) is 6.10. The Kier molecular flexibility index (Phi) is 3.58. The number of rotatable bonds is 2. The minimum absolute atomic E-state index is 0.525. The molecule has 7 heteroatoms. The molecule has 0 atom stereocenters. The molecule has 1 aliphatic rings. The van der Waals surface area contributed by atoms with Crippen molar-refractivity contribution in [1.29, 1.82) is 0 Å². The monoisotopic (exact) mass is 338 g/mol. The predicted octanol–water partition coefficient (Wildman–Crippen LogP) is 3.78. The third-order valence-electron chi connectivity index (χ3n) is 4.54. The Hall–Kier alpha value is -1.99. The Bertz CT molecular complexity index is 889. The van der Waals surface area contributed by atoms with Crippen LogP contribution in [0.1, 0.15) is 11.3 Å². The van der Waals surface area contributed by atoms with E-state index in [0.29, 0.717) is 36.2 Å². The molecule has 0 saturated carbocycles. The maximum absolute atomic E-state index is 12.9. The second kappa shape index (κ2) is 5.53. The maximum Gasteiger partial charge on any atom is 0.416 e. The second-order valence-corrected chi connectivity index (χ2v) is 6.10. The van der Waals surface area contributed by atoms with E-state index in [2.05, 4.69) is 4.90 Å². The fraction of sp³-hybridized carbons (Fsp3) is 0.412. The summed E-state index contributed by atoms with van der Waals surface area (Å²) in [6.07, 6.45) is -4.35. The summed E-state index contributed by atoms with van der Waals surface area (Å²) in [6.45, 7) is 3.81. The Morgan fingerprint density at radius 2 is 1.83 bits per heavy atom. The Morgan fingerprint density at radius 1 is 1.08 bits per heavy atom. The van der Waals surface area contributed by atoms with Gasteiger partial charge in [0.15, 0.2) is 5.58 Å². The number of alkyl halides is 3. The van der Waals surface area contributed by atoms with Gasteiger partial charge in [0.25, 0.3) is 0 Å². The normalized spacial score (nSPS) is 17.2. The van der Waals surface area contributed by atoms with Gasteiger partial charge in [0, 0.05) is 31.6 Å². The molecule has 128 valence electrons. The van der Waals surface area contributed by atoms with Crippen LogP contribution in [0.25, 0.3) is 22.0 Å². The number of hydrogen-bond acceptors (Lipinski definition) is 3. The number of benzene rings is 1. The molecule has 1 saturated heterocycles. The van der Waals surface area contributed by atoms with Crippen LogP contribution in [0.2, 0.25) is 0 Å². The highest BCUT2D eigenvalue weighted by molar-refractivity contribution is 6.05. The van der Waals surface area contributed by atoms with Gasteiger partial charge < -0.3 is 13.7 Å². The zero-order chi connectivity index (χ0) is 16.9. The predicted molar refractivity (Wildman–Crippen MR) is 83.8 cm³/mol. The molecule has 1 aliphatic heterocycles. The van der Waals surface area contributed by atoms with Crippen molar-refractivity contribution in [2.24, 2.45) is 7.05 Å². The third-order valence-corrected chi connectivity index (χ3v) is 4.54. The molecule has 0 unspecified atom stereocenters. The first-order chi connectivity index (χ1) is 11.4. The number of furan rings is 1. The van der Waals surface area contributed by atoms with Crippen molar-refractivity contribution < 1.29 is 22.3 Å². The van der Waals surface area contributed by atoms with Gasteiger partial charge in [-0.15, -0.1) is 0 Å². The fourth-order valence-electron chi connectivity index (χ4n) is 3.24. The Balaban J connectivity index is 1.73. The van der Waals surface area contributed by atoms with Crippen molar-refractivity contribution in [3.8, 4) is 0 Å². The zero-order valence-corrected chi connectivity index (χ0v) is 13.2. The lowest BCUT2D eigenvalue weighted by Crippen LogP contribution is -2.35. The highest BCUT2D eigenvalue weighted by Crippen LogP contribution is 2.36. The van der Waals surface area contributed by atoms with Gasteiger partial charge in [-0.25, -0.2) is 0 Å². The van der Waals surface area contributed by atoms with Crippen LogP contribution in [-0.4, -0.2) is 35.8 Å². The molecule has 1 aromatic carbocycles. The van der Waals surface area contributed by atoms with E-state index in [0.717, 1.165) is 30.4 Å². The van der Waals surface area contributed by atoms with Crippen LogP contribution < -0.4 is 0 Å². The molecular weight excluding hydrogens is 321 g/mol. The molecule has 1 fully saturated rings. The third kappa shape index (κ3) is 2.57. The summed E-state index contributed by atoms with van der Waals surface area (Å²) in [5, 5.41) is 0.703. The first-order valence-electron chi connectivity index (χ1n) is 7.81. The van der Waals surface area contributed by atoms with Crippen LogP contribution in [0.3, 0.4) is 0 Å². The van der Waals surface area contributed by atoms with Crippen molar-refractivity contribution in [2.45, 2.75) is 12.7 Å². The number of aryl methyl sites for hydroxylation is 1. The molecule has 3 aromatic rings. The summed E-state index contributed by atoms with van der Waals surface area (Å²) in [7, 11) is 1.76. The van der Waals surface area contributed by atoms with Gasteiger partial charge >= 0.3 is 6.18 Å². The van der Waals surface area contributed by atoms with Gasteiger partial charge in [-0.2, -0.15) is 13.2 Å². The lowest BCUT2D eigenvalue weighted by molar-refractivity contribution is -0.137. The summed E-state index contributed by atoms with van der Waals surface area (Å²) in [4.78, 5) is 2.24. The van der Waals surface area contributed by atoms with Crippen molar-refractivity contribution in [3.63, 3.8) is 0 Å². The van der Waals surface area contributed by atoms with E-state index < -0.39 is 11.7 Å². The minimum Gasteiger partial charge on any atom is -0.457 e. The molecule has 0 radical (unpaired) electrons. The molecule has 24 heavy (non-hydrogen) atoms. The van der Waals surface area contributed by atoms with E-state index >= 15 is 0 Å². The lowest BCUT2D eigenvalue weighted by atomic mass is 10.1.